The number of nitrogens with one attached hydrogen (secondary N) is 2. The van der Waals surface area contributed by atoms with E-state index in [9.17, 15) is 14.4 Å². The second-order valence-corrected chi connectivity index (χ2v) is 4.12. The average molecular weight is 276 g/mol. The number of benzene rings is 1. The third-order valence-corrected chi connectivity index (χ3v) is 2.82. The number of para-hydroxylation sites is 1. The smallest absolute Gasteiger partial charge is 0.328 e. The number of carbonyl (C=O) groups excluding carboxylic acids is 1. The van der Waals surface area contributed by atoms with Crippen LogP contribution < -0.4 is 10.7 Å². The minimum absolute atomic E-state index is 0.205. The minimum atomic E-state index is -1.45. The Morgan fingerprint density at radius 3 is 2.65 bits per heavy atom. The first-order valence-corrected chi connectivity index (χ1v) is 5.79. The van der Waals surface area contributed by atoms with Crippen LogP contribution in [-0.2, 0) is 4.79 Å². The van der Waals surface area contributed by atoms with Crippen molar-refractivity contribution in [2.75, 3.05) is 6.61 Å². The molecule has 1 heterocycles. The van der Waals surface area contributed by atoms with E-state index in [-0.39, 0.29) is 5.56 Å². The number of rotatable bonds is 4. The van der Waals surface area contributed by atoms with Gasteiger partial charge in [-0.3, -0.25) is 9.59 Å². The van der Waals surface area contributed by atoms with Crippen LogP contribution in [0.1, 0.15) is 10.4 Å². The Morgan fingerprint density at radius 1 is 1.30 bits per heavy atom. The molecule has 0 saturated carbocycles. The molecule has 0 radical (unpaired) electrons. The molecule has 4 N–H and O–H groups in total. The van der Waals surface area contributed by atoms with Crippen molar-refractivity contribution in [2.24, 2.45) is 0 Å². The Hall–Kier alpha value is -2.67. The summed E-state index contributed by atoms with van der Waals surface area (Å²) < 4.78 is 0. The first-order valence-electron chi connectivity index (χ1n) is 5.79. The standard InChI is InChI=1S/C13H12N2O5/c16-6-10(13(19)20)15-12(18)8-5-14-9-4-2-1-3-7(9)11(8)17/h1-5,10,16H,6H2,(H,14,17)(H,15,18)(H,19,20). The van der Waals surface area contributed by atoms with Crippen molar-refractivity contribution in [1.29, 1.82) is 0 Å². The molecule has 0 bridgehead atoms. The van der Waals surface area contributed by atoms with Gasteiger partial charge in [0.1, 0.15) is 5.56 Å². The lowest BCUT2D eigenvalue weighted by atomic mass is 10.1. The van der Waals surface area contributed by atoms with Crippen molar-refractivity contribution in [3.05, 3.63) is 46.2 Å². The van der Waals surface area contributed by atoms with Gasteiger partial charge < -0.3 is 20.5 Å². The summed E-state index contributed by atoms with van der Waals surface area (Å²) in [5.74, 6) is -2.23. The predicted octanol–water partition coefficient (Wildman–Crippen LogP) is -0.297. The third-order valence-electron chi connectivity index (χ3n) is 2.82. The lowest BCUT2D eigenvalue weighted by Gasteiger charge is -2.11. The largest absolute Gasteiger partial charge is 0.480 e. The zero-order chi connectivity index (χ0) is 14.7. The number of amides is 1. The van der Waals surface area contributed by atoms with E-state index in [2.05, 4.69) is 10.3 Å². The lowest BCUT2D eigenvalue weighted by molar-refractivity contribution is -0.140. The second kappa shape index (κ2) is 5.54. The van der Waals surface area contributed by atoms with Crippen molar-refractivity contribution >= 4 is 22.8 Å². The van der Waals surface area contributed by atoms with Crippen molar-refractivity contribution in [1.82, 2.24) is 10.3 Å². The van der Waals surface area contributed by atoms with E-state index < -0.39 is 30.0 Å². The number of pyridine rings is 1. The maximum atomic E-state index is 12.1. The number of aliphatic hydroxyl groups is 1. The maximum Gasteiger partial charge on any atom is 0.328 e. The quantitative estimate of drug-likeness (QED) is 0.611. The molecule has 2 rings (SSSR count). The number of carbonyl (C=O) groups is 2. The fourth-order valence-electron chi connectivity index (χ4n) is 1.76. The molecular formula is C13H12N2O5. The number of H-pyrrole nitrogens is 1. The fraction of sp³-hybridized carbons (Fsp3) is 0.154. The molecule has 0 spiro atoms. The highest BCUT2D eigenvalue weighted by Gasteiger charge is 2.21. The highest BCUT2D eigenvalue weighted by molar-refractivity contribution is 5.98. The van der Waals surface area contributed by atoms with Crippen LogP contribution in [0.25, 0.3) is 10.9 Å². The SMILES string of the molecule is O=C(NC(CO)C(=O)O)c1c[nH]c2ccccc2c1=O. The van der Waals surface area contributed by atoms with E-state index in [0.717, 1.165) is 0 Å². The summed E-state index contributed by atoms with van der Waals surface area (Å²) in [6.45, 7) is -0.757. The van der Waals surface area contributed by atoms with Crippen LogP contribution in [0.4, 0.5) is 0 Å². The van der Waals surface area contributed by atoms with Gasteiger partial charge in [0, 0.05) is 17.1 Å². The van der Waals surface area contributed by atoms with Crippen LogP contribution >= 0.6 is 0 Å². The first-order chi connectivity index (χ1) is 9.54. The van der Waals surface area contributed by atoms with Crippen LogP contribution in [0.5, 0.6) is 0 Å². The van der Waals surface area contributed by atoms with Crippen molar-refractivity contribution in [3.8, 4) is 0 Å². The number of hydrogen-bond acceptors (Lipinski definition) is 4. The molecule has 0 fully saturated rings. The number of aromatic amines is 1. The molecule has 1 aromatic carbocycles. The molecule has 1 amide bonds. The molecule has 0 aliphatic carbocycles. The van der Waals surface area contributed by atoms with E-state index in [0.29, 0.717) is 10.9 Å². The summed E-state index contributed by atoms with van der Waals surface area (Å²) in [6, 6.07) is 5.20. The van der Waals surface area contributed by atoms with Gasteiger partial charge in [-0.1, -0.05) is 12.1 Å². The monoisotopic (exact) mass is 276 g/mol. The zero-order valence-electron chi connectivity index (χ0n) is 10.3. The highest BCUT2D eigenvalue weighted by Crippen LogP contribution is 2.07. The Kier molecular flexibility index (Phi) is 3.81. The molecule has 2 aromatic rings. The summed E-state index contributed by atoms with van der Waals surface area (Å²) >= 11 is 0. The third kappa shape index (κ3) is 2.52. The highest BCUT2D eigenvalue weighted by atomic mass is 16.4. The molecule has 1 unspecified atom stereocenters. The number of carboxylic acid groups (broad SMARTS) is 1. The van der Waals surface area contributed by atoms with Crippen LogP contribution in [0, 0.1) is 0 Å². The van der Waals surface area contributed by atoms with E-state index in [1.807, 2.05) is 0 Å². The number of carboxylic acids is 1. The van der Waals surface area contributed by atoms with Gasteiger partial charge in [0.05, 0.1) is 6.61 Å². The van der Waals surface area contributed by atoms with Gasteiger partial charge in [-0.25, -0.2) is 4.79 Å². The molecule has 20 heavy (non-hydrogen) atoms. The van der Waals surface area contributed by atoms with Gasteiger partial charge >= 0.3 is 5.97 Å². The summed E-state index contributed by atoms with van der Waals surface area (Å²) in [5.41, 5.74) is -0.131. The minimum Gasteiger partial charge on any atom is -0.480 e. The van der Waals surface area contributed by atoms with E-state index in [1.165, 1.54) is 6.20 Å². The molecule has 1 aromatic heterocycles. The Balaban J connectivity index is 2.38. The summed E-state index contributed by atoms with van der Waals surface area (Å²) in [5, 5.41) is 20.0. The zero-order valence-corrected chi connectivity index (χ0v) is 10.3. The van der Waals surface area contributed by atoms with Crippen molar-refractivity contribution in [2.45, 2.75) is 6.04 Å². The normalized spacial score (nSPS) is 12.1. The molecule has 0 saturated heterocycles. The van der Waals surface area contributed by atoms with Gasteiger partial charge in [0.25, 0.3) is 5.91 Å². The number of fused-ring (bicyclic) bond motifs is 1. The van der Waals surface area contributed by atoms with Crippen LogP contribution in [-0.4, -0.2) is 39.7 Å². The lowest BCUT2D eigenvalue weighted by Crippen LogP contribution is -2.44. The predicted molar refractivity (Wildman–Crippen MR) is 70.5 cm³/mol. The molecular weight excluding hydrogens is 264 g/mol. The second-order valence-electron chi connectivity index (χ2n) is 4.12. The van der Waals surface area contributed by atoms with Crippen molar-refractivity contribution < 1.29 is 19.8 Å². The first kappa shape index (κ1) is 13.8. The van der Waals surface area contributed by atoms with Gasteiger partial charge in [0.15, 0.2) is 6.04 Å². The number of aromatic nitrogens is 1. The Morgan fingerprint density at radius 2 is 2.00 bits per heavy atom. The number of aliphatic hydroxyl groups excluding tert-OH is 1. The molecule has 104 valence electrons. The topological polar surface area (TPSA) is 119 Å². The molecule has 7 nitrogen and oxygen atoms in total. The van der Waals surface area contributed by atoms with Gasteiger partial charge in [-0.2, -0.15) is 0 Å². The van der Waals surface area contributed by atoms with Gasteiger partial charge in [0.2, 0.25) is 5.43 Å². The number of hydrogen-bond donors (Lipinski definition) is 4. The van der Waals surface area contributed by atoms with E-state index in [4.69, 9.17) is 10.2 Å². The molecule has 0 aliphatic rings. The van der Waals surface area contributed by atoms with Gasteiger partial charge in [-0.05, 0) is 12.1 Å². The van der Waals surface area contributed by atoms with Crippen molar-refractivity contribution in [3.63, 3.8) is 0 Å². The van der Waals surface area contributed by atoms with E-state index >= 15 is 0 Å². The molecule has 1 atom stereocenters. The number of aliphatic carboxylic acids is 1. The Bertz CT molecular complexity index is 722. The maximum absolute atomic E-state index is 12.1. The van der Waals surface area contributed by atoms with Crippen LogP contribution in [0.3, 0.4) is 0 Å². The fourth-order valence-corrected chi connectivity index (χ4v) is 1.76. The molecule has 7 heteroatoms. The Labute approximate surface area is 112 Å². The van der Waals surface area contributed by atoms with E-state index in [1.54, 1.807) is 24.3 Å². The van der Waals surface area contributed by atoms with Crippen LogP contribution in [0.15, 0.2) is 35.3 Å². The summed E-state index contributed by atoms with van der Waals surface area (Å²) in [4.78, 5) is 37.5. The van der Waals surface area contributed by atoms with Crippen LogP contribution in [0.2, 0.25) is 0 Å². The van der Waals surface area contributed by atoms with Gasteiger partial charge in [-0.15, -0.1) is 0 Å². The summed E-state index contributed by atoms with van der Waals surface area (Å²) in [7, 11) is 0. The average Bonchev–Trinajstić information content (AvgIpc) is 2.44. The molecule has 0 aliphatic heterocycles. The summed E-state index contributed by atoms with van der Waals surface area (Å²) in [6.07, 6.45) is 1.22.